The monoisotopic (exact) mass is 312 g/mol. The van der Waals surface area contributed by atoms with Crippen molar-refractivity contribution in [3.8, 4) is 0 Å². The summed E-state index contributed by atoms with van der Waals surface area (Å²) in [6.45, 7) is 0.932. The van der Waals surface area contributed by atoms with Crippen LogP contribution in [0.1, 0.15) is 27.4 Å². The molecular weight excluding hydrogens is 295 g/mol. The summed E-state index contributed by atoms with van der Waals surface area (Å²) in [6, 6.07) is 13.4. The number of rotatable bonds is 4. The fourth-order valence-electron chi connectivity index (χ4n) is 2.79. The van der Waals surface area contributed by atoms with Gasteiger partial charge in [-0.05, 0) is 29.3 Å². The lowest BCUT2D eigenvalue weighted by molar-refractivity contribution is -0.120. The number of halogens is 1. The van der Waals surface area contributed by atoms with Gasteiger partial charge in [0, 0.05) is 24.6 Å². The quantitative estimate of drug-likeness (QED) is 0.907. The third kappa shape index (κ3) is 3.56. The molecule has 1 heterocycles. The van der Waals surface area contributed by atoms with Crippen LogP contribution in [-0.2, 0) is 11.2 Å². The Morgan fingerprint density at radius 1 is 1.22 bits per heavy atom. The van der Waals surface area contributed by atoms with Crippen molar-refractivity contribution in [1.82, 2.24) is 10.6 Å². The lowest BCUT2D eigenvalue weighted by Gasteiger charge is -2.25. The molecule has 0 fully saturated rings. The van der Waals surface area contributed by atoms with Crippen LogP contribution in [0, 0.1) is 5.82 Å². The van der Waals surface area contributed by atoms with Gasteiger partial charge in [0.25, 0.3) is 5.91 Å². The summed E-state index contributed by atoms with van der Waals surface area (Å²) in [5, 5.41) is 5.69. The largest absolute Gasteiger partial charge is 0.355 e. The van der Waals surface area contributed by atoms with Crippen molar-refractivity contribution in [2.45, 2.75) is 12.3 Å². The summed E-state index contributed by atoms with van der Waals surface area (Å²) in [5.74, 6) is -0.549. The lowest BCUT2D eigenvalue weighted by Crippen LogP contribution is -2.40. The van der Waals surface area contributed by atoms with Gasteiger partial charge in [0.05, 0.1) is 6.42 Å². The Morgan fingerprint density at radius 3 is 2.87 bits per heavy atom. The van der Waals surface area contributed by atoms with Crippen LogP contribution in [0.4, 0.5) is 4.39 Å². The first-order valence-corrected chi connectivity index (χ1v) is 7.52. The van der Waals surface area contributed by atoms with Gasteiger partial charge in [0.1, 0.15) is 5.82 Å². The molecule has 0 bridgehead atoms. The van der Waals surface area contributed by atoms with E-state index >= 15 is 0 Å². The first-order chi connectivity index (χ1) is 11.1. The van der Waals surface area contributed by atoms with Gasteiger partial charge in [-0.15, -0.1) is 0 Å². The average molecular weight is 312 g/mol. The highest BCUT2D eigenvalue weighted by Crippen LogP contribution is 2.23. The second kappa shape index (κ2) is 6.60. The third-order valence-corrected chi connectivity index (χ3v) is 3.95. The molecule has 0 aromatic heterocycles. The zero-order valence-electron chi connectivity index (χ0n) is 12.5. The summed E-state index contributed by atoms with van der Waals surface area (Å²) >= 11 is 0. The van der Waals surface area contributed by atoms with E-state index in [2.05, 4.69) is 10.6 Å². The standard InChI is InChI=1S/C18H17FN2O2/c19-14-5-3-4-12(8-14)9-17(22)20-10-13-11-21-18(23)16-7-2-1-6-15(13)16/h1-8,13H,9-11H2,(H,20,22)(H,21,23). The predicted molar refractivity (Wildman–Crippen MR) is 84.6 cm³/mol. The molecule has 3 rings (SSSR count). The molecule has 1 unspecified atom stereocenters. The first kappa shape index (κ1) is 15.2. The van der Waals surface area contributed by atoms with Crippen molar-refractivity contribution >= 4 is 11.8 Å². The van der Waals surface area contributed by atoms with E-state index in [-0.39, 0.29) is 30.0 Å². The molecule has 2 N–H and O–H groups in total. The molecule has 5 heteroatoms. The number of amides is 2. The van der Waals surface area contributed by atoms with Gasteiger partial charge in [0.15, 0.2) is 0 Å². The van der Waals surface area contributed by atoms with Crippen LogP contribution in [0.5, 0.6) is 0 Å². The van der Waals surface area contributed by atoms with Gasteiger partial charge >= 0.3 is 0 Å². The SMILES string of the molecule is O=C(Cc1cccc(F)c1)NCC1CNC(=O)c2ccccc21. The number of nitrogens with one attached hydrogen (secondary N) is 2. The molecule has 2 amide bonds. The number of benzene rings is 2. The predicted octanol–water partition coefficient (Wildman–Crippen LogP) is 2.01. The topological polar surface area (TPSA) is 58.2 Å². The van der Waals surface area contributed by atoms with Crippen LogP contribution < -0.4 is 10.6 Å². The van der Waals surface area contributed by atoms with Gasteiger partial charge < -0.3 is 10.6 Å². The summed E-state index contributed by atoms with van der Waals surface area (Å²) in [4.78, 5) is 23.8. The van der Waals surface area contributed by atoms with Gasteiger partial charge in [-0.25, -0.2) is 4.39 Å². The maximum absolute atomic E-state index is 13.1. The second-order valence-electron chi connectivity index (χ2n) is 5.60. The second-order valence-corrected chi connectivity index (χ2v) is 5.60. The molecule has 2 aromatic carbocycles. The molecular formula is C18H17FN2O2. The van der Waals surface area contributed by atoms with Crippen molar-refractivity contribution in [1.29, 1.82) is 0 Å². The van der Waals surface area contributed by atoms with E-state index in [0.717, 1.165) is 5.56 Å². The van der Waals surface area contributed by atoms with Crippen LogP contribution in [0.3, 0.4) is 0 Å². The highest BCUT2D eigenvalue weighted by molar-refractivity contribution is 5.97. The number of carbonyl (C=O) groups is 2. The van der Waals surface area contributed by atoms with Crippen LogP contribution in [0.2, 0.25) is 0 Å². The molecule has 0 aliphatic carbocycles. The number of fused-ring (bicyclic) bond motifs is 1. The molecule has 0 saturated heterocycles. The number of hydrogen-bond donors (Lipinski definition) is 2. The summed E-state index contributed by atoms with van der Waals surface area (Å²) in [7, 11) is 0. The highest BCUT2D eigenvalue weighted by atomic mass is 19.1. The van der Waals surface area contributed by atoms with E-state index in [1.54, 1.807) is 18.2 Å². The van der Waals surface area contributed by atoms with Gasteiger partial charge in [-0.2, -0.15) is 0 Å². The number of hydrogen-bond acceptors (Lipinski definition) is 2. The third-order valence-electron chi connectivity index (χ3n) is 3.95. The maximum Gasteiger partial charge on any atom is 0.251 e. The van der Waals surface area contributed by atoms with Crippen molar-refractivity contribution < 1.29 is 14.0 Å². The minimum atomic E-state index is -0.348. The number of carbonyl (C=O) groups excluding carboxylic acids is 2. The van der Waals surface area contributed by atoms with Crippen molar-refractivity contribution in [2.24, 2.45) is 0 Å². The Morgan fingerprint density at radius 2 is 2.04 bits per heavy atom. The highest BCUT2D eigenvalue weighted by Gasteiger charge is 2.24. The zero-order valence-corrected chi connectivity index (χ0v) is 12.5. The summed E-state index contributed by atoms with van der Waals surface area (Å²) in [5.41, 5.74) is 2.24. The molecule has 0 radical (unpaired) electrons. The Balaban J connectivity index is 1.61. The maximum atomic E-state index is 13.1. The van der Waals surface area contributed by atoms with E-state index in [1.807, 2.05) is 18.2 Å². The molecule has 0 spiro atoms. The molecule has 2 aromatic rings. The van der Waals surface area contributed by atoms with Crippen molar-refractivity contribution in [3.63, 3.8) is 0 Å². The van der Waals surface area contributed by atoms with E-state index in [0.29, 0.717) is 24.2 Å². The molecule has 1 aliphatic heterocycles. The van der Waals surface area contributed by atoms with Crippen LogP contribution >= 0.6 is 0 Å². The van der Waals surface area contributed by atoms with Gasteiger partial charge in [0.2, 0.25) is 5.91 Å². The van der Waals surface area contributed by atoms with Gasteiger partial charge in [-0.1, -0.05) is 30.3 Å². The van der Waals surface area contributed by atoms with Crippen LogP contribution in [0.25, 0.3) is 0 Å². The van der Waals surface area contributed by atoms with Gasteiger partial charge in [-0.3, -0.25) is 9.59 Å². The fraction of sp³-hybridized carbons (Fsp3) is 0.222. The normalized spacial score (nSPS) is 16.4. The van der Waals surface area contributed by atoms with Crippen molar-refractivity contribution in [3.05, 3.63) is 71.0 Å². The molecule has 118 valence electrons. The summed E-state index contributed by atoms with van der Waals surface area (Å²) in [6.07, 6.45) is 0.137. The molecule has 23 heavy (non-hydrogen) atoms. The van der Waals surface area contributed by atoms with E-state index in [1.165, 1.54) is 12.1 Å². The Kier molecular flexibility index (Phi) is 4.37. The van der Waals surface area contributed by atoms with E-state index in [9.17, 15) is 14.0 Å². The van der Waals surface area contributed by atoms with Crippen LogP contribution in [0.15, 0.2) is 48.5 Å². The van der Waals surface area contributed by atoms with E-state index in [4.69, 9.17) is 0 Å². The van der Waals surface area contributed by atoms with Crippen molar-refractivity contribution in [2.75, 3.05) is 13.1 Å². The summed E-state index contributed by atoms with van der Waals surface area (Å²) < 4.78 is 13.1. The Bertz CT molecular complexity index is 745. The first-order valence-electron chi connectivity index (χ1n) is 7.52. The molecule has 0 saturated carbocycles. The fourth-order valence-corrected chi connectivity index (χ4v) is 2.79. The molecule has 1 atom stereocenters. The van der Waals surface area contributed by atoms with Crippen LogP contribution in [-0.4, -0.2) is 24.9 Å². The Labute approximate surface area is 133 Å². The molecule has 1 aliphatic rings. The minimum absolute atomic E-state index is 0.0420. The lowest BCUT2D eigenvalue weighted by atomic mass is 9.90. The smallest absolute Gasteiger partial charge is 0.251 e. The average Bonchev–Trinajstić information content (AvgIpc) is 2.54. The Hall–Kier alpha value is -2.69. The molecule has 4 nitrogen and oxygen atoms in total. The minimum Gasteiger partial charge on any atom is -0.355 e. The van der Waals surface area contributed by atoms with E-state index < -0.39 is 0 Å². The zero-order chi connectivity index (χ0) is 16.2.